The Morgan fingerprint density at radius 1 is 1.00 bits per heavy atom. The zero-order chi connectivity index (χ0) is 22.1. The molecule has 5 nitrogen and oxygen atoms in total. The summed E-state index contributed by atoms with van der Waals surface area (Å²) < 4.78 is 11.1. The number of carbonyl (C=O) groups excluding carboxylic acids is 2. The van der Waals surface area contributed by atoms with Gasteiger partial charge in [0, 0.05) is 23.9 Å². The Morgan fingerprint density at radius 2 is 1.63 bits per heavy atom. The number of ether oxygens (including phenoxy) is 2. The van der Waals surface area contributed by atoms with Gasteiger partial charge < -0.3 is 14.8 Å². The monoisotopic (exact) mass is 417 g/mol. The van der Waals surface area contributed by atoms with Gasteiger partial charge in [0.05, 0.1) is 25.4 Å². The maximum atomic E-state index is 12.3. The van der Waals surface area contributed by atoms with Gasteiger partial charge in [-0.05, 0) is 70.1 Å². The highest BCUT2D eigenvalue weighted by Gasteiger charge is 2.28. The zero-order valence-electron chi connectivity index (χ0n) is 19.3. The van der Waals surface area contributed by atoms with E-state index in [9.17, 15) is 9.59 Å². The molecule has 1 N–H and O–H groups in total. The largest absolute Gasteiger partial charge is 0.377 e. The summed E-state index contributed by atoms with van der Waals surface area (Å²) in [6, 6.07) is 7.91. The predicted molar refractivity (Wildman–Crippen MR) is 120 cm³/mol. The summed E-state index contributed by atoms with van der Waals surface area (Å²) in [6.07, 6.45) is 4.05. The molecule has 0 saturated heterocycles. The minimum atomic E-state index is -0.158. The standard InChI is InChI=1S/C25H39NO4/c1-18(2)23(27)21-10-6-19(7-11-21)20-8-12-22(13-9-20)24(28)26-14-15-29-16-17-30-25(3,4)5/h8-9,12-13,18-19,21H,6-7,10-11,14-17H2,1-5H3,(H,26,28). The van der Waals surface area contributed by atoms with Crippen molar-refractivity contribution in [2.45, 2.75) is 71.8 Å². The van der Waals surface area contributed by atoms with E-state index in [0.29, 0.717) is 43.6 Å². The van der Waals surface area contributed by atoms with Gasteiger partial charge in [-0.2, -0.15) is 0 Å². The molecule has 0 radical (unpaired) electrons. The van der Waals surface area contributed by atoms with Crippen LogP contribution in [0.15, 0.2) is 24.3 Å². The predicted octanol–water partition coefficient (Wildman–Crippen LogP) is 4.75. The van der Waals surface area contributed by atoms with E-state index in [1.54, 1.807) is 0 Å². The molecule has 30 heavy (non-hydrogen) atoms. The Labute approximate surface area is 181 Å². The Morgan fingerprint density at radius 3 is 2.20 bits per heavy atom. The fraction of sp³-hybridized carbons (Fsp3) is 0.680. The first-order valence-corrected chi connectivity index (χ1v) is 11.3. The summed E-state index contributed by atoms with van der Waals surface area (Å²) in [6.45, 7) is 12.0. The van der Waals surface area contributed by atoms with E-state index in [4.69, 9.17) is 9.47 Å². The number of hydrogen-bond donors (Lipinski definition) is 1. The molecule has 1 amide bonds. The zero-order valence-corrected chi connectivity index (χ0v) is 19.3. The van der Waals surface area contributed by atoms with E-state index in [0.717, 1.165) is 25.7 Å². The highest BCUT2D eigenvalue weighted by molar-refractivity contribution is 5.94. The number of benzene rings is 1. The van der Waals surface area contributed by atoms with Crippen molar-refractivity contribution in [2.75, 3.05) is 26.4 Å². The molecule has 1 aliphatic rings. The van der Waals surface area contributed by atoms with Crippen molar-refractivity contribution < 1.29 is 19.1 Å². The smallest absolute Gasteiger partial charge is 0.251 e. The Kier molecular flexibility index (Phi) is 9.50. The maximum Gasteiger partial charge on any atom is 0.251 e. The molecule has 1 saturated carbocycles. The second-order valence-corrected chi connectivity index (χ2v) is 9.56. The van der Waals surface area contributed by atoms with Crippen LogP contribution in [-0.4, -0.2) is 43.7 Å². The fourth-order valence-electron chi connectivity index (χ4n) is 3.94. The molecule has 1 aromatic carbocycles. The topological polar surface area (TPSA) is 64.6 Å². The number of nitrogens with one attached hydrogen (secondary N) is 1. The van der Waals surface area contributed by atoms with Crippen molar-refractivity contribution in [1.82, 2.24) is 5.32 Å². The minimum absolute atomic E-state index is 0.0812. The van der Waals surface area contributed by atoms with Gasteiger partial charge in [0.25, 0.3) is 5.91 Å². The lowest BCUT2D eigenvalue weighted by molar-refractivity contribution is -0.126. The first-order chi connectivity index (χ1) is 14.2. The normalized spacial score (nSPS) is 19.7. The number of amides is 1. The van der Waals surface area contributed by atoms with Gasteiger partial charge in [-0.15, -0.1) is 0 Å². The summed E-state index contributed by atoms with van der Waals surface area (Å²) in [4.78, 5) is 24.5. The third-order valence-corrected chi connectivity index (χ3v) is 5.64. The SMILES string of the molecule is CC(C)C(=O)C1CCC(c2ccc(C(=O)NCCOCCOC(C)(C)C)cc2)CC1. The summed E-state index contributed by atoms with van der Waals surface area (Å²) >= 11 is 0. The molecule has 168 valence electrons. The number of hydrogen-bond acceptors (Lipinski definition) is 4. The molecule has 1 aliphatic carbocycles. The molecule has 1 fully saturated rings. The van der Waals surface area contributed by atoms with Gasteiger partial charge in [-0.3, -0.25) is 9.59 Å². The third-order valence-electron chi connectivity index (χ3n) is 5.64. The van der Waals surface area contributed by atoms with Crippen LogP contribution in [0.2, 0.25) is 0 Å². The van der Waals surface area contributed by atoms with Crippen LogP contribution in [0, 0.1) is 11.8 Å². The molecule has 0 bridgehead atoms. The first-order valence-electron chi connectivity index (χ1n) is 11.3. The van der Waals surface area contributed by atoms with E-state index in [2.05, 4.69) is 17.4 Å². The number of carbonyl (C=O) groups is 2. The summed E-state index contributed by atoms with van der Waals surface area (Å²) in [7, 11) is 0. The lowest BCUT2D eigenvalue weighted by Gasteiger charge is -2.29. The van der Waals surface area contributed by atoms with Crippen LogP contribution in [0.1, 0.15) is 82.1 Å². The minimum Gasteiger partial charge on any atom is -0.377 e. The van der Waals surface area contributed by atoms with Gasteiger partial charge in [0.1, 0.15) is 5.78 Å². The average molecular weight is 418 g/mol. The Balaban J connectivity index is 1.69. The average Bonchev–Trinajstić information content (AvgIpc) is 2.71. The van der Waals surface area contributed by atoms with Gasteiger partial charge >= 0.3 is 0 Å². The van der Waals surface area contributed by atoms with Crippen LogP contribution >= 0.6 is 0 Å². The second kappa shape index (κ2) is 11.6. The van der Waals surface area contributed by atoms with E-state index >= 15 is 0 Å². The number of rotatable bonds is 10. The highest BCUT2D eigenvalue weighted by Crippen LogP contribution is 2.37. The summed E-state index contributed by atoms with van der Waals surface area (Å²) in [5, 5.41) is 2.89. The van der Waals surface area contributed by atoms with Crippen LogP contribution in [-0.2, 0) is 14.3 Å². The molecular weight excluding hydrogens is 378 g/mol. The number of ketones is 1. The molecule has 0 spiro atoms. The third kappa shape index (κ3) is 8.19. The van der Waals surface area contributed by atoms with Crippen LogP contribution in [0.25, 0.3) is 0 Å². The van der Waals surface area contributed by atoms with Crippen molar-refractivity contribution in [3.05, 3.63) is 35.4 Å². The van der Waals surface area contributed by atoms with E-state index in [1.165, 1.54) is 5.56 Å². The molecular formula is C25H39NO4. The highest BCUT2D eigenvalue weighted by atomic mass is 16.5. The van der Waals surface area contributed by atoms with Gasteiger partial charge in [0.15, 0.2) is 0 Å². The van der Waals surface area contributed by atoms with Crippen molar-refractivity contribution in [2.24, 2.45) is 11.8 Å². The molecule has 0 unspecified atom stereocenters. The van der Waals surface area contributed by atoms with Crippen LogP contribution < -0.4 is 5.32 Å². The second-order valence-electron chi connectivity index (χ2n) is 9.56. The lowest BCUT2D eigenvalue weighted by atomic mass is 9.75. The molecule has 0 atom stereocenters. The van der Waals surface area contributed by atoms with Crippen LogP contribution in [0.5, 0.6) is 0 Å². The molecule has 1 aromatic rings. The van der Waals surface area contributed by atoms with Crippen molar-refractivity contribution in [3.8, 4) is 0 Å². The Bertz CT molecular complexity index is 667. The van der Waals surface area contributed by atoms with Gasteiger partial charge in [-0.25, -0.2) is 0 Å². The molecule has 0 aliphatic heterocycles. The van der Waals surface area contributed by atoms with Crippen molar-refractivity contribution in [1.29, 1.82) is 0 Å². The summed E-state index contributed by atoms with van der Waals surface area (Å²) in [5.41, 5.74) is 1.77. The first kappa shape index (κ1) is 24.5. The van der Waals surface area contributed by atoms with E-state index in [-0.39, 0.29) is 23.3 Å². The van der Waals surface area contributed by atoms with Crippen molar-refractivity contribution >= 4 is 11.7 Å². The van der Waals surface area contributed by atoms with Crippen LogP contribution in [0.4, 0.5) is 0 Å². The van der Waals surface area contributed by atoms with Gasteiger partial charge in [0.2, 0.25) is 0 Å². The van der Waals surface area contributed by atoms with Crippen LogP contribution in [0.3, 0.4) is 0 Å². The van der Waals surface area contributed by atoms with E-state index < -0.39 is 0 Å². The van der Waals surface area contributed by atoms with Crippen molar-refractivity contribution in [3.63, 3.8) is 0 Å². The van der Waals surface area contributed by atoms with E-state index in [1.807, 2.05) is 46.8 Å². The molecule has 0 aromatic heterocycles. The molecule has 2 rings (SSSR count). The molecule has 5 heteroatoms. The lowest BCUT2D eigenvalue weighted by Crippen LogP contribution is -2.28. The molecule has 0 heterocycles. The fourth-order valence-corrected chi connectivity index (χ4v) is 3.94. The maximum absolute atomic E-state index is 12.3. The van der Waals surface area contributed by atoms with Gasteiger partial charge in [-0.1, -0.05) is 26.0 Å². The number of Topliss-reactive ketones (excluding diaryl/α,β-unsaturated/α-hetero) is 1. The summed E-state index contributed by atoms with van der Waals surface area (Å²) in [5.74, 6) is 1.18. The Hall–Kier alpha value is -1.72. The quantitative estimate of drug-likeness (QED) is 0.558.